The fourth-order valence-corrected chi connectivity index (χ4v) is 3.19. The second kappa shape index (κ2) is 7.10. The molecular formula is C15H15BrN2O4S. The predicted molar refractivity (Wildman–Crippen MR) is 90.7 cm³/mol. The van der Waals surface area contributed by atoms with Crippen molar-refractivity contribution in [1.82, 2.24) is 4.98 Å². The van der Waals surface area contributed by atoms with Gasteiger partial charge in [-0.15, -0.1) is 0 Å². The first-order valence-electron chi connectivity index (χ1n) is 6.58. The Balaban J connectivity index is 2.31. The fraction of sp³-hybridized carbons (Fsp3) is 0.200. The SMILES string of the molecule is COC(=O)c1ccc(CN(c2cccc(Br)c2)S(C)(=O)=O)nc1. The number of esters is 1. The molecule has 2 aromatic rings. The molecular weight excluding hydrogens is 384 g/mol. The summed E-state index contributed by atoms with van der Waals surface area (Å²) in [5.41, 5.74) is 1.35. The van der Waals surface area contributed by atoms with Gasteiger partial charge in [0.25, 0.3) is 0 Å². The standard InChI is InChI=1S/C15H15BrN2O4S/c1-22-15(19)11-6-7-13(17-9-11)10-18(23(2,20)21)14-5-3-4-12(16)8-14/h3-9H,10H2,1-2H3. The second-order valence-corrected chi connectivity index (χ2v) is 7.60. The van der Waals surface area contributed by atoms with Crippen LogP contribution in [0.15, 0.2) is 47.1 Å². The van der Waals surface area contributed by atoms with Crippen LogP contribution in [0.4, 0.5) is 5.69 Å². The summed E-state index contributed by atoms with van der Waals surface area (Å²) in [7, 11) is -2.20. The summed E-state index contributed by atoms with van der Waals surface area (Å²) in [5.74, 6) is -0.490. The number of pyridine rings is 1. The number of ether oxygens (including phenoxy) is 1. The number of sulfonamides is 1. The quantitative estimate of drug-likeness (QED) is 0.723. The van der Waals surface area contributed by atoms with Gasteiger partial charge in [0, 0.05) is 10.7 Å². The largest absolute Gasteiger partial charge is 0.465 e. The van der Waals surface area contributed by atoms with E-state index in [2.05, 4.69) is 25.7 Å². The number of rotatable bonds is 5. The van der Waals surface area contributed by atoms with Gasteiger partial charge in [-0.3, -0.25) is 9.29 Å². The third-order valence-corrected chi connectivity index (χ3v) is 4.68. The van der Waals surface area contributed by atoms with E-state index >= 15 is 0 Å². The van der Waals surface area contributed by atoms with E-state index < -0.39 is 16.0 Å². The first-order chi connectivity index (χ1) is 10.8. The lowest BCUT2D eigenvalue weighted by Crippen LogP contribution is -2.29. The molecule has 0 radical (unpaired) electrons. The number of aromatic nitrogens is 1. The Morgan fingerprint density at radius 3 is 2.57 bits per heavy atom. The van der Waals surface area contributed by atoms with Crippen molar-refractivity contribution < 1.29 is 17.9 Å². The maximum Gasteiger partial charge on any atom is 0.339 e. The van der Waals surface area contributed by atoms with Gasteiger partial charge in [-0.1, -0.05) is 22.0 Å². The number of benzene rings is 1. The van der Waals surface area contributed by atoms with Crippen LogP contribution in [0.5, 0.6) is 0 Å². The number of methoxy groups -OCH3 is 1. The molecule has 0 N–H and O–H groups in total. The molecule has 0 spiro atoms. The van der Waals surface area contributed by atoms with Gasteiger partial charge in [0.15, 0.2) is 0 Å². The third kappa shape index (κ3) is 4.52. The number of halogens is 1. The molecule has 0 unspecified atom stereocenters. The van der Waals surface area contributed by atoms with Crippen LogP contribution in [0.3, 0.4) is 0 Å². The lowest BCUT2D eigenvalue weighted by Gasteiger charge is -2.22. The molecule has 122 valence electrons. The topological polar surface area (TPSA) is 76.6 Å². The summed E-state index contributed by atoms with van der Waals surface area (Å²) in [6.07, 6.45) is 2.50. The van der Waals surface area contributed by atoms with E-state index in [0.29, 0.717) is 16.9 Å². The number of nitrogens with zero attached hydrogens (tertiary/aromatic N) is 2. The molecule has 0 atom stereocenters. The first-order valence-corrected chi connectivity index (χ1v) is 9.22. The molecule has 0 amide bonds. The maximum absolute atomic E-state index is 12.1. The highest BCUT2D eigenvalue weighted by atomic mass is 79.9. The molecule has 0 aliphatic heterocycles. The van der Waals surface area contributed by atoms with Crippen LogP contribution in [0.25, 0.3) is 0 Å². The van der Waals surface area contributed by atoms with Crippen molar-refractivity contribution in [3.63, 3.8) is 0 Å². The van der Waals surface area contributed by atoms with Gasteiger partial charge in [0.2, 0.25) is 10.0 Å². The zero-order valence-corrected chi connectivity index (χ0v) is 15.0. The van der Waals surface area contributed by atoms with Gasteiger partial charge < -0.3 is 4.74 Å². The molecule has 8 heteroatoms. The van der Waals surface area contributed by atoms with Crippen LogP contribution >= 0.6 is 15.9 Å². The molecule has 23 heavy (non-hydrogen) atoms. The minimum Gasteiger partial charge on any atom is -0.465 e. The minimum atomic E-state index is -3.48. The number of hydrogen-bond donors (Lipinski definition) is 0. The molecule has 0 aliphatic rings. The van der Waals surface area contributed by atoms with Crippen LogP contribution in [0.2, 0.25) is 0 Å². The Kier molecular flexibility index (Phi) is 5.38. The van der Waals surface area contributed by atoms with E-state index in [1.807, 2.05) is 6.07 Å². The molecule has 1 heterocycles. The zero-order chi connectivity index (χ0) is 17.0. The normalized spacial score (nSPS) is 11.1. The van der Waals surface area contributed by atoms with Crippen molar-refractivity contribution in [3.05, 3.63) is 58.3 Å². The summed E-state index contributed by atoms with van der Waals surface area (Å²) >= 11 is 3.33. The molecule has 0 saturated carbocycles. The summed E-state index contributed by atoms with van der Waals surface area (Å²) in [6.45, 7) is 0.0662. The van der Waals surface area contributed by atoms with Crippen molar-refractivity contribution in [3.8, 4) is 0 Å². The lowest BCUT2D eigenvalue weighted by molar-refractivity contribution is 0.0600. The van der Waals surface area contributed by atoms with E-state index in [0.717, 1.165) is 10.7 Å². The van der Waals surface area contributed by atoms with Crippen molar-refractivity contribution in [2.45, 2.75) is 6.54 Å². The number of carbonyl (C=O) groups excluding carboxylic acids is 1. The summed E-state index contributed by atoms with van der Waals surface area (Å²) in [4.78, 5) is 15.5. The van der Waals surface area contributed by atoms with Crippen molar-refractivity contribution in [2.75, 3.05) is 17.7 Å². The Morgan fingerprint density at radius 2 is 2.04 bits per heavy atom. The molecule has 1 aromatic heterocycles. The monoisotopic (exact) mass is 398 g/mol. The van der Waals surface area contributed by atoms with Crippen LogP contribution in [-0.4, -0.2) is 32.7 Å². The van der Waals surface area contributed by atoms with Crippen LogP contribution in [-0.2, 0) is 21.3 Å². The second-order valence-electron chi connectivity index (χ2n) is 4.78. The number of carbonyl (C=O) groups is 1. The highest BCUT2D eigenvalue weighted by Crippen LogP contribution is 2.23. The van der Waals surface area contributed by atoms with Gasteiger partial charge in [-0.25, -0.2) is 13.2 Å². The van der Waals surface area contributed by atoms with E-state index in [1.54, 1.807) is 30.3 Å². The van der Waals surface area contributed by atoms with Crippen LogP contribution < -0.4 is 4.31 Å². The molecule has 0 fully saturated rings. The summed E-state index contributed by atoms with van der Waals surface area (Å²) in [6, 6.07) is 10.1. The van der Waals surface area contributed by atoms with Gasteiger partial charge in [0.05, 0.1) is 36.9 Å². The van der Waals surface area contributed by atoms with Crippen molar-refractivity contribution in [2.24, 2.45) is 0 Å². The number of anilines is 1. The Hall–Kier alpha value is -1.93. The van der Waals surface area contributed by atoms with Gasteiger partial charge in [0.1, 0.15) is 0 Å². The van der Waals surface area contributed by atoms with E-state index in [9.17, 15) is 13.2 Å². The Bertz CT molecular complexity index is 806. The van der Waals surface area contributed by atoms with Crippen molar-refractivity contribution in [1.29, 1.82) is 0 Å². The molecule has 0 aliphatic carbocycles. The average molecular weight is 399 g/mol. The molecule has 6 nitrogen and oxygen atoms in total. The summed E-state index contributed by atoms with van der Waals surface area (Å²) in [5, 5.41) is 0. The first kappa shape index (κ1) is 17.4. The lowest BCUT2D eigenvalue weighted by atomic mass is 10.2. The molecule has 2 rings (SSSR count). The molecule has 0 saturated heterocycles. The highest BCUT2D eigenvalue weighted by Gasteiger charge is 2.19. The number of hydrogen-bond acceptors (Lipinski definition) is 5. The van der Waals surface area contributed by atoms with Crippen LogP contribution in [0, 0.1) is 0 Å². The van der Waals surface area contributed by atoms with E-state index in [1.165, 1.54) is 17.6 Å². The van der Waals surface area contributed by atoms with Gasteiger partial charge in [-0.2, -0.15) is 0 Å². The fourth-order valence-electron chi connectivity index (χ4n) is 1.94. The maximum atomic E-state index is 12.1. The van der Waals surface area contributed by atoms with E-state index in [4.69, 9.17) is 0 Å². The highest BCUT2D eigenvalue weighted by molar-refractivity contribution is 9.10. The average Bonchev–Trinajstić information content (AvgIpc) is 2.51. The third-order valence-electron chi connectivity index (χ3n) is 3.05. The predicted octanol–water partition coefficient (Wildman–Crippen LogP) is 2.60. The molecule has 0 bridgehead atoms. The summed E-state index contributed by atoms with van der Waals surface area (Å²) < 4.78 is 30.8. The minimum absolute atomic E-state index is 0.0662. The zero-order valence-electron chi connectivity index (χ0n) is 12.6. The van der Waals surface area contributed by atoms with Gasteiger partial charge >= 0.3 is 5.97 Å². The van der Waals surface area contributed by atoms with Gasteiger partial charge in [-0.05, 0) is 30.3 Å². The van der Waals surface area contributed by atoms with Crippen LogP contribution in [0.1, 0.15) is 16.1 Å². The molecule has 1 aromatic carbocycles. The Morgan fingerprint density at radius 1 is 1.30 bits per heavy atom. The van der Waals surface area contributed by atoms with Crippen molar-refractivity contribution >= 4 is 37.6 Å². The smallest absolute Gasteiger partial charge is 0.339 e. The Labute approximate surface area is 143 Å². The van der Waals surface area contributed by atoms with E-state index in [-0.39, 0.29) is 6.54 Å².